The Bertz CT molecular complexity index is 523. The normalized spacial score (nSPS) is 10.0. The molecule has 0 bridgehead atoms. The molecule has 2 N–H and O–H groups in total. The molecule has 0 saturated carbocycles. The zero-order chi connectivity index (χ0) is 12.3. The first-order valence-corrected chi connectivity index (χ1v) is 5.32. The van der Waals surface area contributed by atoms with Crippen LogP contribution in [0.25, 0.3) is 11.1 Å². The van der Waals surface area contributed by atoms with Gasteiger partial charge in [0.1, 0.15) is 11.5 Å². The van der Waals surface area contributed by atoms with E-state index < -0.39 is 0 Å². The van der Waals surface area contributed by atoms with Gasteiger partial charge in [-0.15, -0.1) is 0 Å². The van der Waals surface area contributed by atoms with Crippen molar-refractivity contribution >= 4 is 5.69 Å². The van der Waals surface area contributed by atoms with E-state index in [0.29, 0.717) is 0 Å². The second-order valence-corrected chi connectivity index (χ2v) is 3.69. The average Bonchev–Trinajstić information content (AvgIpc) is 2.38. The monoisotopic (exact) mass is 229 g/mol. The molecule has 2 aromatic carbocycles. The third kappa shape index (κ3) is 2.33. The Morgan fingerprint density at radius 2 is 1.76 bits per heavy atom. The van der Waals surface area contributed by atoms with E-state index in [2.05, 4.69) is 0 Å². The number of hydrogen-bond acceptors (Lipinski definition) is 3. The number of nitrogens with two attached hydrogens (primary N) is 1. The predicted octanol–water partition coefficient (Wildman–Crippen LogP) is 2.95. The maximum Gasteiger partial charge on any atom is 0.130 e. The largest absolute Gasteiger partial charge is 0.497 e. The SMILES string of the molecule is COc1ccc(-c2cccc(N)c2)c(OC)c1. The third-order valence-corrected chi connectivity index (χ3v) is 2.61. The lowest BCUT2D eigenvalue weighted by Gasteiger charge is -2.10. The highest BCUT2D eigenvalue weighted by molar-refractivity contribution is 5.73. The Labute approximate surface area is 101 Å². The smallest absolute Gasteiger partial charge is 0.130 e. The van der Waals surface area contributed by atoms with Gasteiger partial charge in [0.25, 0.3) is 0 Å². The first-order chi connectivity index (χ1) is 8.24. The van der Waals surface area contributed by atoms with E-state index in [4.69, 9.17) is 15.2 Å². The number of methoxy groups -OCH3 is 2. The molecule has 0 unspecified atom stereocenters. The van der Waals surface area contributed by atoms with Crippen molar-refractivity contribution in [2.24, 2.45) is 0 Å². The highest BCUT2D eigenvalue weighted by Crippen LogP contribution is 2.33. The molecular weight excluding hydrogens is 214 g/mol. The Hall–Kier alpha value is -2.16. The zero-order valence-corrected chi connectivity index (χ0v) is 9.94. The summed E-state index contributed by atoms with van der Waals surface area (Å²) in [5.74, 6) is 1.55. The van der Waals surface area contributed by atoms with Crippen molar-refractivity contribution in [2.45, 2.75) is 0 Å². The first kappa shape index (κ1) is 11.3. The van der Waals surface area contributed by atoms with Crippen molar-refractivity contribution in [3.05, 3.63) is 42.5 Å². The van der Waals surface area contributed by atoms with Crippen LogP contribution in [0.4, 0.5) is 5.69 Å². The van der Waals surface area contributed by atoms with Crippen molar-refractivity contribution in [3.63, 3.8) is 0 Å². The lowest BCUT2D eigenvalue weighted by molar-refractivity contribution is 0.395. The molecule has 2 rings (SSSR count). The second-order valence-electron chi connectivity index (χ2n) is 3.69. The van der Waals surface area contributed by atoms with Crippen LogP contribution in [0.3, 0.4) is 0 Å². The summed E-state index contributed by atoms with van der Waals surface area (Å²) in [6, 6.07) is 13.4. The van der Waals surface area contributed by atoms with Crippen LogP contribution in [0.1, 0.15) is 0 Å². The molecule has 0 radical (unpaired) electrons. The Balaban J connectivity index is 2.51. The van der Waals surface area contributed by atoms with Gasteiger partial charge in [0.05, 0.1) is 14.2 Å². The van der Waals surface area contributed by atoms with Crippen molar-refractivity contribution in [2.75, 3.05) is 20.0 Å². The van der Waals surface area contributed by atoms with Crippen LogP contribution in [0.15, 0.2) is 42.5 Å². The molecular formula is C14H15NO2. The van der Waals surface area contributed by atoms with E-state index in [1.54, 1.807) is 14.2 Å². The van der Waals surface area contributed by atoms with Crippen molar-refractivity contribution < 1.29 is 9.47 Å². The fourth-order valence-corrected chi connectivity index (χ4v) is 1.74. The summed E-state index contributed by atoms with van der Waals surface area (Å²) in [4.78, 5) is 0. The van der Waals surface area contributed by atoms with E-state index in [0.717, 1.165) is 28.3 Å². The topological polar surface area (TPSA) is 44.5 Å². The van der Waals surface area contributed by atoms with E-state index in [1.165, 1.54) is 0 Å². The number of ether oxygens (including phenoxy) is 2. The summed E-state index contributed by atoms with van der Waals surface area (Å²) in [7, 11) is 3.28. The van der Waals surface area contributed by atoms with Gasteiger partial charge in [-0.1, -0.05) is 12.1 Å². The maximum absolute atomic E-state index is 5.78. The van der Waals surface area contributed by atoms with Gasteiger partial charge in [0, 0.05) is 17.3 Å². The molecule has 0 aliphatic carbocycles. The molecule has 0 spiro atoms. The third-order valence-electron chi connectivity index (χ3n) is 2.61. The highest BCUT2D eigenvalue weighted by atomic mass is 16.5. The van der Waals surface area contributed by atoms with Crippen LogP contribution in [0, 0.1) is 0 Å². The number of benzene rings is 2. The van der Waals surface area contributed by atoms with Crippen molar-refractivity contribution in [1.29, 1.82) is 0 Å². The summed E-state index contributed by atoms with van der Waals surface area (Å²) in [6.07, 6.45) is 0. The quantitative estimate of drug-likeness (QED) is 0.823. The molecule has 3 heteroatoms. The molecule has 17 heavy (non-hydrogen) atoms. The van der Waals surface area contributed by atoms with E-state index in [9.17, 15) is 0 Å². The van der Waals surface area contributed by atoms with Crippen LogP contribution < -0.4 is 15.2 Å². The summed E-state index contributed by atoms with van der Waals surface area (Å²) < 4.78 is 10.5. The molecule has 3 nitrogen and oxygen atoms in total. The van der Waals surface area contributed by atoms with Crippen LogP contribution in [-0.4, -0.2) is 14.2 Å². The van der Waals surface area contributed by atoms with Gasteiger partial charge in [-0.3, -0.25) is 0 Å². The van der Waals surface area contributed by atoms with Crippen molar-refractivity contribution in [3.8, 4) is 22.6 Å². The van der Waals surface area contributed by atoms with Gasteiger partial charge < -0.3 is 15.2 Å². The Morgan fingerprint density at radius 3 is 2.41 bits per heavy atom. The van der Waals surface area contributed by atoms with Gasteiger partial charge in [0.15, 0.2) is 0 Å². The van der Waals surface area contributed by atoms with Gasteiger partial charge >= 0.3 is 0 Å². The number of rotatable bonds is 3. The fraction of sp³-hybridized carbons (Fsp3) is 0.143. The van der Waals surface area contributed by atoms with Crippen LogP contribution in [-0.2, 0) is 0 Å². The van der Waals surface area contributed by atoms with E-state index in [-0.39, 0.29) is 0 Å². The van der Waals surface area contributed by atoms with Crippen LogP contribution in [0.2, 0.25) is 0 Å². The summed E-state index contributed by atoms with van der Waals surface area (Å²) >= 11 is 0. The Morgan fingerprint density at radius 1 is 0.941 bits per heavy atom. The average molecular weight is 229 g/mol. The summed E-state index contributed by atoms with van der Waals surface area (Å²) in [5, 5.41) is 0. The molecule has 0 aliphatic heterocycles. The Kier molecular flexibility index (Phi) is 3.19. The molecule has 0 atom stereocenters. The van der Waals surface area contributed by atoms with Crippen LogP contribution >= 0.6 is 0 Å². The zero-order valence-electron chi connectivity index (χ0n) is 9.94. The van der Waals surface area contributed by atoms with Gasteiger partial charge in [0.2, 0.25) is 0 Å². The van der Waals surface area contributed by atoms with E-state index in [1.807, 2.05) is 42.5 Å². The molecule has 0 saturated heterocycles. The first-order valence-electron chi connectivity index (χ1n) is 5.32. The van der Waals surface area contributed by atoms with Gasteiger partial charge in [-0.05, 0) is 29.8 Å². The number of hydrogen-bond donors (Lipinski definition) is 1. The van der Waals surface area contributed by atoms with Crippen LogP contribution in [0.5, 0.6) is 11.5 Å². The molecule has 0 aromatic heterocycles. The number of nitrogen functional groups attached to an aromatic ring is 1. The minimum Gasteiger partial charge on any atom is -0.497 e. The molecule has 2 aromatic rings. The molecule has 0 aliphatic rings. The minimum atomic E-state index is 0.736. The minimum absolute atomic E-state index is 0.736. The fourth-order valence-electron chi connectivity index (χ4n) is 1.74. The van der Waals surface area contributed by atoms with Gasteiger partial charge in [-0.2, -0.15) is 0 Å². The predicted molar refractivity (Wildman–Crippen MR) is 69.4 cm³/mol. The lowest BCUT2D eigenvalue weighted by atomic mass is 10.0. The molecule has 0 fully saturated rings. The van der Waals surface area contributed by atoms with Gasteiger partial charge in [-0.25, -0.2) is 0 Å². The maximum atomic E-state index is 5.78. The second kappa shape index (κ2) is 4.78. The molecule has 88 valence electrons. The van der Waals surface area contributed by atoms with E-state index >= 15 is 0 Å². The lowest BCUT2D eigenvalue weighted by Crippen LogP contribution is -1.91. The summed E-state index contributed by atoms with van der Waals surface area (Å²) in [6.45, 7) is 0. The molecule has 0 heterocycles. The standard InChI is InChI=1S/C14H15NO2/c1-16-12-6-7-13(14(9-12)17-2)10-4-3-5-11(15)8-10/h3-9H,15H2,1-2H3. The molecule has 0 amide bonds. The highest BCUT2D eigenvalue weighted by Gasteiger charge is 2.07. The number of anilines is 1. The summed E-state index contributed by atoms with van der Waals surface area (Å²) in [5.41, 5.74) is 8.55. The van der Waals surface area contributed by atoms with Crippen molar-refractivity contribution in [1.82, 2.24) is 0 Å².